The van der Waals surface area contributed by atoms with Crippen LogP contribution in [0.25, 0.3) is 0 Å². The van der Waals surface area contributed by atoms with Crippen LogP contribution < -0.4 is 4.74 Å². The molecule has 1 N–H and O–H groups in total. The lowest BCUT2D eigenvalue weighted by Gasteiger charge is -2.27. The topological polar surface area (TPSA) is 72.8 Å². The van der Waals surface area contributed by atoms with E-state index in [-0.39, 0.29) is 0 Å². The number of hydrogen-bond donors (Lipinski definition) is 1. The van der Waals surface area contributed by atoms with E-state index in [9.17, 15) is 14.7 Å². The number of ketones is 1. The highest BCUT2D eigenvalue weighted by molar-refractivity contribution is 6.03. The summed E-state index contributed by atoms with van der Waals surface area (Å²) in [5, 5.41) is 11.2. The van der Waals surface area contributed by atoms with Crippen molar-refractivity contribution in [3.05, 3.63) is 102 Å². The monoisotopic (exact) mass is 376 g/mol. The lowest BCUT2D eigenvalue weighted by molar-refractivity contribution is -0.0205. The van der Waals surface area contributed by atoms with E-state index in [0.717, 1.165) is 0 Å². The Kier molecular flexibility index (Phi) is 5.87. The van der Waals surface area contributed by atoms with Gasteiger partial charge in [0, 0.05) is 5.56 Å². The number of benzene rings is 3. The summed E-state index contributed by atoms with van der Waals surface area (Å²) in [4.78, 5) is 25.4. The minimum absolute atomic E-state index is 0.295. The fourth-order valence-corrected chi connectivity index (χ4v) is 2.80. The van der Waals surface area contributed by atoms with Crippen molar-refractivity contribution >= 4 is 11.8 Å². The average molecular weight is 376 g/mol. The van der Waals surface area contributed by atoms with Crippen molar-refractivity contribution in [2.45, 2.75) is 5.60 Å². The molecule has 0 spiro atoms. The van der Waals surface area contributed by atoms with Crippen molar-refractivity contribution in [1.29, 1.82) is 0 Å². The second-order valence-corrected chi connectivity index (χ2v) is 6.23. The molecule has 0 aliphatic carbocycles. The third kappa shape index (κ3) is 4.10. The van der Waals surface area contributed by atoms with Crippen molar-refractivity contribution in [1.82, 2.24) is 0 Å². The first kappa shape index (κ1) is 19.3. The van der Waals surface area contributed by atoms with Crippen LogP contribution in [-0.2, 0) is 10.3 Å². The highest BCUT2D eigenvalue weighted by Gasteiger charge is 2.40. The molecule has 0 saturated heterocycles. The van der Waals surface area contributed by atoms with E-state index in [1.165, 1.54) is 7.11 Å². The van der Waals surface area contributed by atoms with E-state index in [1.807, 2.05) is 0 Å². The molecule has 0 fully saturated rings. The minimum Gasteiger partial charge on any atom is -0.497 e. The molecule has 0 heterocycles. The van der Waals surface area contributed by atoms with Gasteiger partial charge in [0.1, 0.15) is 12.4 Å². The molecule has 1 unspecified atom stereocenters. The molecule has 0 aliphatic rings. The van der Waals surface area contributed by atoms with Gasteiger partial charge in [-0.1, -0.05) is 60.7 Å². The van der Waals surface area contributed by atoms with Crippen LogP contribution in [0.4, 0.5) is 0 Å². The Bertz CT molecular complexity index is 936. The Morgan fingerprint density at radius 1 is 0.821 bits per heavy atom. The lowest BCUT2D eigenvalue weighted by atomic mass is 9.86. The van der Waals surface area contributed by atoms with Crippen molar-refractivity contribution in [3.8, 4) is 5.75 Å². The molecule has 5 heteroatoms. The largest absolute Gasteiger partial charge is 0.497 e. The molecule has 0 aliphatic heterocycles. The Morgan fingerprint density at radius 3 is 1.96 bits per heavy atom. The van der Waals surface area contributed by atoms with Gasteiger partial charge in [-0.05, 0) is 29.8 Å². The maximum Gasteiger partial charge on any atom is 0.338 e. The maximum atomic E-state index is 13.0. The Balaban J connectivity index is 1.85. The fraction of sp³-hybridized carbons (Fsp3) is 0.130. The number of Topliss-reactive ketones (excluding diaryl/α,β-unsaturated/α-hetero) is 1. The van der Waals surface area contributed by atoms with Crippen LogP contribution in [-0.4, -0.2) is 30.6 Å². The first-order chi connectivity index (χ1) is 13.5. The summed E-state index contributed by atoms with van der Waals surface area (Å²) < 4.78 is 10.4. The van der Waals surface area contributed by atoms with Gasteiger partial charge in [-0.3, -0.25) is 4.79 Å². The molecule has 1 atom stereocenters. The van der Waals surface area contributed by atoms with Crippen LogP contribution in [0.3, 0.4) is 0 Å². The van der Waals surface area contributed by atoms with Gasteiger partial charge < -0.3 is 14.6 Å². The summed E-state index contributed by atoms with van der Waals surface area (Å²) in [6.45, 7) is -0.504. The molecule has 28 heavy (non-hydrogen) atoms. The number of hydrogen-bond acceptors (Lipinski definition) is 5. The molecule has 5 nitrogen and oxygen atoms in total. The van der Waals surface area contributed by atoms with Crippen LogP contribution in [0.15, 0.2) is 84.9 Å². The van der Waals surface area contributed by atoms with Gasteiger partial charge >= 0.3 is 5.97 Å². The molecule has 0 aromatic heterocycles. The Morgan fingerprint density at radius 2 is 1.39 bits per heavy atom. The van der Waals surface area contributed by atoms with Gasteiger partial charge in [0.05, 0.1) is 12.7 Å². The Hall–Kier alpha value is -3.44. The first-order valence-corrected chi connectivity index (χ1v) is 8.73. The number of carbonyl (C=O) groups excluding carboxylic acids is 2. The molecule has 0 radical (unpaired) electrons. The third-order valence-corrected chi connectivity index (χ3v) is 4.40. The number of aliphatic hydroxyl groups is 1. The standard InChI is InChI=1S/C23H20O5/c1-27-20-14-12-18(13-15-20)22(25)28-16-23(26,19-10-6-3-7-11-19)21(24)17-8-4-2-5-9-17/h2-15,26H,16H2,1H3. The van der Waals surface area contributed by atoms with Crippen molar-refractivity contribution < 1.29 is 24.2 Å². The molecule has 0 bridgehead atoms. The molecule has 3 rings (SSSR count). The fourth-order valence-electron chi connectivity index (χ4n) is 2.80. The summed E-state index contributed by atoms with van der Waals surface area (Å²) in [5.74, 6) is -0.573. The first-order valence-electron chi connectivity index (χ1n) is 8.73. The molecule has 0 saturated carbocycles. The minimum atomic E-state index is -2.00. The van der Waals surface area contributed by atoms with E-state index in [2.05, 4.69) is 0 Å². The van der Waals surface area contributed by atoms with Crippen molar-refractivity contribution in [2.24, 2.45) is 0 Å². The van der Waals surface area contributed by atoms with Crippen LogP contribution in [0.5, 0.6) is 5.75 Å². The van der Waals surface area contributed by atoms with E-state index >= 15 is 0 Å². The zero-order valence-corrected chi connectivity index (χ0v) is 15.4. The van der Waals surface area contributed by atoms with Gasteiger partial charge in [0.25, 0.3) is 0 Å². The van der Waals surface area contributed by atoms with Crippen LogP contribution in [0.2, 0.25) is 0 Å². The summed E-state index contributed by atoms with van der Waals surface area (Å²) in [7, 11) is 1.53. The number of methoxy groups -OCH3 is 1. The van der Waals surface area contributed by atoms with Gasteiger partial charge in [0.2, 0.25) is 5.78 Å². The summed E-state index contributed by atoms with van der Waals surface area (Å²) in [5.41, 5.74) is -1.02. The number of ether oxygens (including phenoxy) is 2. The zero-order valence-electron chi connectivity index (χ0n) is 15.4. The highest BCUT2D eigenvalue weighted by Crippen LogP contribution is 2.27. The number of carbonyl (C=O) groups is 2. The molecular formula is C23H20O5. The molecule has 3 aromatic carbocycles. The molecule has 3 aromatic rings. The summed E-state index contributed by atoms with van der Waals surface area (Å²) in [6.07, 6.45) is 0. The van der Waals surface area contributed by atoms with Gasteiger partial charge in [0.15, 0.2) is 5.60 Å². The Labute approximate surface area is 163 Å². The highest BCUT2D eigenvalue weighted by atomic mass is 16.5. The predicted octanol–water partition coefficient (Wildman–Crippen LogP) is 3.62. The van der Waals surface area contributed by atoms with Gasteiger partial charge in [-0.2, -0.15) is 0 Å². The third-order valence-electron chi connectivity index (χ3n) is 4.40. The molecule has 0 amide bonds. The lowest BCUT2D eigenvalue weighted by Crippen LogP contribution is -2.41. The quantitative estimate of drug-likeness (QED) is 0.504. The number of rotatable bonds is 7. The zero-order chi connectivity index (χ0) is 20.0. The second kappa shape index (κ2) is 8.50. The average Bonchev–Trinajstić information content (AvgIpc) is 2.78. The van der Waals surface area contributed by atoms with E-state index in [4.69, 9.17) is 9.47 Å². The SMILES string of the molecule is COc1ccc(C(=O)OCC(O)(C(=O)c2ccccc2)c2ccccc2)cc1. The normalized spacial score (nSPS) is 12.6. The second-order valence-electron chi connectivity index (χ2n) is 6.23. The van der Waals surface area contributed by atoms with E-state index in [0.29, 0.717) is 22.4 Å². The van der Waals surface area contributed by atoms with Crippen molar-refractivity contribution in [2.75, 3.05) is 13.7 Å². The maximum absolute atomic E-state index is 13.0. The van der Waals surface area contributed by atoms with Crippen LogP contribution in [0.1, 0.15) is 26.3 Å². The molecular weight excluding hydrogens is 356 g/mol. The predicted molar refractivity (Wildman–Crippen MR) is 104 cm³/mol. The van der Waals surface area contributed by atoms with Gasteiger partial charge in [-0.25, -0.2) is 4.79 Å². The number of esters is 1. The summed E-state index contributed by atoms with van der Waals surface area (Å²) in [6, 6.07) is 23.3. The molecule has 142 valence electrons. The van der Waals surface area contributed by atoms with Crippen molar-refractivity contribution in [3.63, 3.8) is 0 Å². The van der Waals surface area contributed by atoms with E-state index in [1.54, 1.807) is 84.9 Å². The summed E-state index contributed by atoms with van der Waals surface area (Å²) >= 11 is 0. The smallest absolute Gasteiger partial charge is 0.338 e. The van der Waals surface area contributed by atoms with Crippen LogP contribution >= 0.6 is 0 Å². The van der Waals surface area contributed by atoms with Gasteiger partial charge in [-0.15, -0.1) is 0 Å². The van der Waals surface area contributed by atoms with E-state index < -0.39 is 24.0 Å². The van der Waals surface area contributed by atoms with Crippen LogP contribution in [0, 0.1) is 0 Å².